The second kappa shape index (κ2) is 6.03. The maximum Gasteiger partial charge on any atom is 0.330 e. The van der Waals surface area contributed by atoms with Crippen molar-refractivity contribution < 1.29 is 14.7 Å². The van der Waals surface area contributed by atoms with Crippen LogP contribution in [0.3, 0.4) is 0 Å². The second-order valence-corrected chi connectivity index (χ2v) is 6.52. The topological polar surface area (TPSA) is 92.4 Å². The van der Waals surface area contributed by atoms with E-state index in [2.05, 4.69) is 5.32 Å². The largest absolute Gasteiger partial charge is 0.479 e. The van der Waals surface area contributed by atoms with Gasteiger partial charge in [-0.05, 0) is 33.8 Å². The molecule has 0 aromatic heterocycles. The first-order valence-electron chi connectivity index (χ1n) is 6.55. The summed E-state index contributed by atoms with van der Waals surface area (Å²) in [6.45, 7) is 6.79. The van der Waals surface area contributed by atoms with Crippen molar-refractivity contribution in [2.75, 3.05) is 0 Å². The molecule has 0 unspecified atom stereocenters. The van der Waals surface area contributed by atoms with Crippen molar-refractivity contribution in [1.29, 1.82) is 0 Å². The summed E-state index contributed by atoms with van der Waals surface area (Å²) in [5.74, 6) is -1.62. The van der Waals surface area contributed by atoms with Crippen molar-refractivity contribution in [3.05, 3.63) is 34.9 Å². The molecule has 0 aliphatic rings. The summed E-state index contributed by atoms with van der Waals surface area (Å²) in [6.07, 6.45) is 0. The van der Waals surface area contributed by atoms with E-state index in [9.17, 15) is 14.7 Å². The molecule has 21 heavy (non-hydrogen) atoms. The van der Waals surface area contributed by atoms with E-state index in [-0.39, 0.29) is 5.02 Å². The first-order valence-corrected chi connectivity index (χ1v) is 6.93. The minimum Gasteiger partial charge on any atom is -0.479 e. The van der Waals surface area contributed by atoms with Crippen molar-refractivity contribution in [2.24, 2.45) is 11.1 Å². The Hall–Kier alpha value is -1.59. The van der Waals surface area contributed by atoms with Crippen LogP contribution in [0.25, 0.3) is 0 Å². The molecule has 0 saturated carbocycles. The Morgan fingerprint density at radius 2 is 1.76 bits per heavy atom. The molecular formula is C15H21ClN2O3. The summed E-state index contributed by atoms with van der Waals surface area (Å²) in [5.41, 5.74) is 4.59. The molecule has 5 nitrogen and oxygen atoms in total. The van der Waals surface area contributed by atoms with Gasteiger partial charge in [-0.3, -0.25) is 4.79 Å². The van der Waals surface area contributed by atoms with Gasteiger partial charge in [0.2, 0.25) is 5.91 Å². The van der Waals surface area contributed by atoms with Crippen LogP contribution in [0.2, 0.25) is 5.02 Å². The van der Waals surface area contributed by atoms with Crippen molar-refractivity contribution in [2.45, 2.75) is 39.3 Å². The molecule has 1 atom stereocenters. The fourth-order valence-corrected chi connectivity index (χ4v) is 1.83. The highest BCUT2D eigenvalue weighted by atomic mass is 35.5. The lowest BCUT2D eigenvalue weighted by atomic mass is 9.74. The van der Waals surface area contributed by atoms with Gasteiger partial charge in [0.05, 0.1) is 5.41 Å². The highest BCUT2D eigenvalue weighted by Crippen LogP contribution is 2.30. The van der Waals surface area contributed by atoms with Gasteiger partial charge in [0, 0.05) is 16.1 Å². The number of carboxylic acids is 1. The molecule has 6 heteroatoms. The fraction of sp³-hybridized carbons (Fsp3) is 0.467. The average molecular weight is 313 g/mol. The zero-order chi connectivity index (χ0) is 16.4. The van der Waals surface area contributed by atoms with Crippen LogP contribution in [0.1, 0.15) is 39.3 Å². The Morgan fingerprint density at radius 1 is 1.24 bits per heavy atom. The molecule has 1 aromatic rings. The molecule has 1 aromatic carbocycles. The van der Waals surface area contributed by atoms with Crippen molar-refractivity contribution >= 4 is 23.5 Å². The maximum absolute atomic E-state index is 12.4. The molecule has 0 fully saturated rings. The number of hydrogen-bond acceptors (Lipinski definition) is 3. The lowest BCUT2D eigenvalue weighted by molar-refractivity contribution is -0.144. The quantitative estimate of drug-likeness (QED) is 0.778. The Labute approximate surface area is 129 Å². The average Bonchev–Trinajstić information content (AvgIpc) is 2.34. The highest BCUT2D eigenvalue weighted by molar-refractivity contribution is 6.31. The predicted octanol–water partition coefficient (Wildman–Crippen LogP) is 2.35. The molecule has 0 aliphatic heterocycles. The number of halogens is 1. The number of carbonyl (C=O) groups is 2. The number of aliphatic carboxylic acids is 1. The van der Waals surface area contributed by atoms with E-state index < -0.39 is 28.9 Å². The number of nitrogens with two attached hydrogens (primary N) is 1. The van der Waals surface area contributed by atoms with Crippen LogP contribution in [0.4, 0.5) is 0 Å². The lowest BCUT2D eigenvalue weighted by Gasteiger charge is -2.37. The Morgan fingerprint density at radius 3 is 2.19 bits per heavy atom. The van der Waals surface area contributed by atoms with E-state index in [0.29, 0.717) is 5.56 Å². The number of carbonyl (C=O) groups excluding carboxylic acids is 1. The van der Waals surface area contributed by atoms with Crippen molar-refractivity contribution in [3.63, 3.8) is 0 Å². The first kappa shape index (κ1) is 17.5. The van der Waals surface area contributed by atoms with Crippen LogP contribution >= 0.6 is 11.6 Å². The van der Waals surface area contributed by atoms with Gasteiger partial charge in [-0.15, -0.1) is 0 Å². The zero-order valence-corrected chi connectivity index (χ0v) is 13.4. The summed E-state index contributed by atoms with van der Waals surface area (Å²) in [4.78, 5) is 23.9. The Bertz CT molecular complexity index is 550. The van der Waals surface area contributed by atoms with E-state index in [4.69, 9.17) is 17.3 Å². The summed E-state index contributed by atoms with van der Waals surface area (Å²) >= 11 is 6.01. The van der Waals surface area contributed by atoms with Gasteiger partial charge >= 0.3 is 5.97 Å². The SMILES string of the molecule is CC(C)(N)C(C)(C)C(=O)N[C@@H](C(=O)O)c1ccccc1Cl. The summed E-state index contributed by atoms with van der Waals surface area (Å²) < 4.78 is 0. The number of nitrogens with one attached hydrogen (secondary N) is 1. The van der Waals surface area contributed by atoms with E-state index in [0.717, 1.165) is 0 Å². The predicted molar refractivity (Wildman–Crippen MR) is 82.0 cm³/mol. The molecule has 0 radical (unpaired) electrons. The number of benzene rings is 1. The third kappa shape index (κ3) is 3.74. The molecule has 0 spiro atoms. The van der Waals surface area contributed by atoms with Crippen LogP contribution < -0.4 is 11.1 Å². The molecule has 0 bridgehead atoms. The number of hydrogen-bond donors (Lipinski definition) is 3. The van der Waals surface area contributed by atoms with E-state index in [1.807, 2.05) is 0 Å². The van der Waals surface area contributed by atoms with Crippen LogP contribution in [0.5, 0.6) is 0 Å². The van der Waals surface area contributed by atoms with E-state index in [1.165, 1.54) is 0 Å². The molecule has 0 saturated heterocycles. The fourth-order valence-electron chi connectivity index (χ4n) is 1.59. The van der Waals surface area contributed by atoms with Gasteiger partial charge in [0.15, 0.2) is 6.04 Å². The molecule has 1 amide bonds. The normalized spacial score (nSPS) is 13.6. The third-order valence-corrected chi connectivity index (χ3v) is 4.26. The summed E-state index contributed by atoms with van der Waals surface area (Å²) in [7, 11) is 0. The maximum atomic E-state index is 12.4. The highest BCUT2D eigenvalue weighted by Gasteiger charge is 2.42. The van der Waals surface area contributed by atoms with Gasteiger partial charge < -0.3 is 16.2 Å². The number of rotatable bonds is 5. The zero-order valence-electron chi connectivity index (χ0n) is 12.6. The van der Waals surface area contributed by atoms with Gasteiger partial charge in [-0.1, -0.05) is 29.8 Å². The van der Waals surface area contributed by atoms with E-state index >= 15 is 0 Å². The Balaban J connectivity index is 3.09. The third-order valence-electron chi connectivity index (χ3n) is 3.92. The molecule has 1 rings (SSSR count). The van der Waals surface area contributed by atoms with Gasteiger partial charge in [-0.2, -0.15) is 0 Å². The monoisotopic (exact) mass is 312 g/mol. The van der Waals surface area contributed by atoms with Gasteiger partial charge in [0.1, 0.15) is 0 Å². The minimum atomic E-state index is -1.21. The molecular weight excluding hydrogens is 292 g/mol. The summed E-state index contributed by atoms with van der Waals surface area (Å²) in [6, 6.07) is 5.30. The van der Waals surface area contributed by atoms with Gasteiger partial charge in [0.25, 0.3) is 0 Å². The summed E-state index contributed by atoms with van der Waals surface area (Å²) in [5, 5.41) is 12.2. The number of amides is 1. The molecule has 116 valence electrons. The molecule has 0 heterocycles. The second-order valence-electron chi connectivity index (χ2n) is 6.11. The first-order chi connectivity index (χ1) is 9.48. The van der Waals surface area contributed by atoms with Crippen LogP contribution in [0.15, 0.2) is 24.3 Å². The number of carboxylic acid groups (broad SMARTS) is 1. The van der Waals surface area contributed by atoms with Crippen LogP contribution in [0, 0.1) is 5.41 Å². The lowest BCUT2D eigenvalue weighted by Crippen LogP contribution is -2.56. The Kier molecular flexibility index (Phi) is 5.02. The minimum absolute atomic E-state index is 0.287. The molecule has 0 aliphatic carbocycles. The standard InChI is InChI=1S/C15H21ClN2O3/c1-14(2,15(3,4)17)13(21)18-11(12(19)20)9-7-5-6-8-10(9)16/h5-8,11H,17H2,1-4H3,(H,18,21)(H,19,20)/t11-/m1/s1. The van der Waals surface area contributed by atoms with E-state index in [1.54, 1.807) is 52.0 Å². The van der Waals surface area contributed by atoms with Crippen LogP contribution in [-0.4, -0.2) is 22.5 Å². The van der Waals surface area contributed by atoms with Crippen molar-refractivity contribution in [3.8, 4) is 0 Å². The molecule has 4 N–H and O–H groups in total. The van der Waals surface area contributed by atoms with Gasteiger partial charge in [-0.25, -0.2) is 4.79 Å². The van der Waals surface area contributed by atoms with Crippen LogP contribution in [-0.2, 0) is 9.59 Å². The van der Waals surface area contributed by atoms with Crippen molar-refractivity contribution in [1.82, 2.24) is 5.32 Å². The smallest absolute Gasteiger partial charge is 0.330 e.